The van der Waals surface area contributed by atoms with Crippen LogP contribution in [0, 0.1) is 11.8 Å². The number of anilines is 1. The van der Waals surface area contributed by atoms with Gasteiger partial charge in [-0.3, -0.25) is 9.67 Å². The summed E-state index contributed by atoms with van der Waals surface area (Å²) < 4.78 is 1.88. The molecule has 1 aromatic rings. The lowest BCUT2D eigenvalue weighted by atomic mass is 9.85. The van der Waals surface area contributed by atoms with E-state index in [1.807, 2.05) is 25.0 Å². The molecule has 0 bridgehead atoms. The van der Waals surface area contributed by atoms with Crippen molar-refractivity contribution in [3.8, 4) is 0 Å². The highest BCUT2D eigenvalue weighted by Crippen LogP contribution is 2.44. The Balaban J connectivity index is 1.27. The number of nitrogens with zero attached hydrogens (tertiary/aromatic N) is 4. The van der Waals surface area contributed by atoms with Crippen molar-refractivity contribution in [3.63, 3.8) is 0 Å². The number of guanidine groups is 1. The van der Waals surface area contributed by atoms with Gasteiger partial charge in [0.15, 0.2) is 5.96 Å². The minimum atomic E-state index is 0.446. The molecule has 1 aromatic heterocycles. The van der Waals surface area contributed by atoms with Crippen LogP contribution >= 0.6 is 0 Å². The van der Waals surface area contributed by atoms with Gasteiger partial charge in [-0.2, -0.15) is 5.10 Å². The molecule has 1 aliphatic heterocycles. The average molecular weight is 359 g/mol. The number of hydrogen-bond donors (Lipinski definition) is 2. The molecule has 3 atom stereocenters. The van der Waals surface area contributed by atoms with Crippen molar-refractivity contribution in [2.75, 3.05) is 25.0 Å². The normalized spacial score (nSPS) is 30.3. The lowest BCUT2D eigenvalue weighted by molar-refractivity contribution is 0.315. The van der Waals surface area contributed by atoms with Crippen molar-refractivity contribution in [2.45, 2.75) is 63.5 Å². The molecule has 3 fully saturated rings. The van der Waals surface area contributed by atoms with Crippen molar-refractivity contribution in [1.29, 1.82) is 0 Å². The maximum Gasteiger partial charge on any atom is 0.191 e. The number of rotatable bonds is 4. The van der Waals surface area contributed by atoms with Crippen LogP contribution in [0.1, 0.15) is 51.4 Å². The molecular formula is C20H34N6. The first-order valence-electron chi connectivity index (χ1n) is 10.5. The Morgan fingerprint density at radius 3 is 2.73 bits per heavy atom. The van der Waals surface area contributed by atoms with E-state index in [-0.39, 0.29) is 0 Å². The van der Waals surface area contributed by atoms with Crippen molar-refractivity contribution in [2.24, 2.45) is 23.9 Å². The zero-order chi connectivity index (χ0) is 17.9. The van der Waals surface area contributed by atoms with Gasteiger partial charge in [0.25, 0.3) is 0 Å². The van der Waals surface area contributed by atoms with Crippen molar-refractivity contribution < 1.29 is 0 Å². The molecule has 0 aromatic carbocycles. The number of aliphatic imine (C=N–C) groups is 1. The third-order valence-electron chi connectivity index (χ3n) is 6.46. The van der Waals surface area contributed by atoms with E-state index in [4.69, 9.17) is 0 Å². The van der Waals surface area contributed by atoms with Crippen LogP contribution in [0.15, 0.2) is 17.4 Å². The quantitative estimate of drug-likeness (QED) is 0.641. The maximum absolute atomic E-state index is 4.50. The summed E-state index contributed by atoms with van der Waals surface area (Å²) in [5.74, 6) is 2.83. The smallest absolute Gasteiger partial charge is 0.191 e. The second-order valence-corrected chi connectivity index (χ2v) is 8.42. The second-order valence-electron chi connectivity index (χ2n) is 8.42. The predicted octanol–water partition coefficient (Wildman–Crippen LogP) is 2.52. The number of hydrogen-bond acceptors (Lipinski definition) is 3. The van der Waals surface area contributed by atoms with Gasteiger partial charge < -0.3 is 15.5 Å². The summed E-state index contributed by atoms with van der Waals surface area (Å²) in [6.07, 6.45) is 15.0. The molecule has 0 spiro atoms. The first kappa shape index (κ1) is 17.7. The van der Waals surface area contributed by atoms with Crippen LogP contribution in [0.2, 0.25) is 0 Å². The van der Waals surface area contributed by atoms with E-state index in [1.54, 1.807) is 0 Å². The summed E-state index contributed by atoms with van der Waals surface area (Å²) >= 11 is 0. The molecule has 2 aliphatic carbocycles. The van der Waals surface area contributed by atoms with Crippen LogP contribution in [0.4, 0.5) is 5.69 Å². The van der Waals surface area contributed by atoms with Crippen LogP contribution < -0.4 is 15.5 Å². The molecular weight excluding hydrogens is 324 g/mol. The monoisotopic (exact) mass is 358 g/mol. The second kappa shape index (κ2) is 7.89. The van der Waals surface area contributed by atoms with Gasteiger partial charge in [0.2, 0.25) is 0 Å². The van der Waals surface area contributed by atoms with E-state index in [0.717, 1.165) is 30.9 Å². The minimum absolute atomic E-state index is 0.446. The summed E-state index contributed by atoms with van der Waals surface area (Å²) in [6, 6.07) is 1.09. The zero-order valence-electron chi connectivity index (χ0n) is 16.3. The highest BCUT2D eigenvalue weighted by Gasteiger charge is 2.43. The molecule has 144 valence electrons. The van der Waals surface area contributed by atoms with Gasteiger partial charge in [-0.1, -0.05) is 32.1 Å². The fourth-order valence-corrected chi connectivity index (χ4v) is 4.90. The molecule has 2 heterocycles. The highest BCUT2D eigenvalue weighted by atomic mass is 15.3. The third kappa shape index (κ3) is 4.15. The number of aryl methyl sites for hydroxylation is 1. The largest absolute Gasteiger partial charge is 0.367 e. The number of nitrogens with one attached hydrogen (secondary N) is 2. The van der Waals surface area contributed by atoms with E-state index in [9.17, 15) is 0 Å². The summed E-state index contributed by atoms with van der Waals surface area (Å²) in [5, 5.41) is 11.7. The molecule has 3 aliphatic rings. The van der Waals surface area contributed by atoms with Crippen molar-refractivity contribution >= 4 is 11.6 Å². The Hall–Kier alpha value is -1.72. The highest BCUT2D eigenvalue weighted by molar-refractivity contribution is 5.80. The molecule has 4 rings (SSSR count). The van der Waals surface area contributed by atoms with Crippen LogP contribution in [0.25, 0.3) is 0 Å². The van der Waals surface area contributed by atoms with Crippen molar-refractivity contribution in [3.05, 3.63) is 12.4 Å². The van der Waals surface area contributed by atoms with Gasteiger partial charge in [0.05, 0.1) is 11.9 Å². The Morgan fingerprint density at radius 1 is 1.15 bits per heavy atom. The van der Waals surface area contributed by atoms with Gasteiger partial charge in [0.1, 0.15) is 0 Å². The van der Waals surface area contributed by atoms with Crippen LogP contribution in [-0.2, 0) is 7.05 Å². The summed E-state index contributed by atoms with van der Waals surface area (Å²) in [4.78, 5) is 6.94. The van der Waals surface area contributed by atoms with E-state index in [1.165, 1.54) is 57.1 Å². The molecule has 6 heteroatoms. The maximum atomic E-state index is 4.50. The Kier molecular flexibility index (Phi) is 5.36. The van der Waals surface area contributed by atoms with Crippen LogP contribution in [-0.4, -0.2) is 48.0 Å². The lowest BCUT2D eigenvalue weighted by Gasteiger charge is -2.34. The minimum Gasteiger partial charge on any atom is -0.367 e. The molecule has 2 N–H and O–H groups in total. The van der Waals surface area contributed by atoms with Gasteiger partial charge in [-0.15, -0.1) is 0 Å². The molecule has 26 heavy (non-hydrogen) atoms. The van der Waals surface area contributed by atoms with Gasteiger partial charge in [0, 0.05) is 45.5 Å². The van der Waals surface area contributed by atoms with E-state index < -0.39 is 0 Å². The van der Waals surface area contributed by atoms with Gasteiger partial charge in [-0.05, 0) is 31.1 Å². The molecule has 6 nitrogen and oxygen atoms in total. The Morgan fingerprint density at radius 2 is 2.00 bits per heavy atom. The number of piperidine rings is 1. The van der Waals surface area contributed by atoms with Crippen molar-refractivity contribution in [1.82, 2.24) is 20.4 Å². The summed E-state index contributed by atoms with van der Waals surface area (Å²) in [5.41, 5.74) is 1.22. The average Bonchev–Trinajstić information content (AvgIpc) is 3.31. The predicted molar refractivity (Wildman–Crippen MR) is 107 cm³/mol. The Labute approximate surface area is 157 Å². The first-order valence-corrected chi connectivity index (χ1v) is 10.5. The van der Waals surface area contributed by atoms with E-state index >= 15 is 0 Å². The number of aromatic nitrogens is 2. The molecule has 2 saturated carbocycles. The lowest BCUT2D eigenvalue weighted by Crippen LogP contribution is -2.51. The van der Waals surface area contributed by atoms with Crippen LogP contribution in [0.5, 0.6) is 0 Å². The van der Waals surface area contributed by atoms with Crippen LogP contribution in [0.3, 0.4) is 0 Å². The molecule has 0 amide bonds. The molecule has 0 radical (unpaired) electrons. The molecule has 3 unspecified atom stereocenters. The third-order valence-corrected chi connectivity index (χ3v) is 6.46. The topological polar surface area (TPSA) is 57.5 Å². The fourth-order valence-electron chi connectivity index (χ4n) is 4.90. The summed E-state index contributed by atoms with van der Waals surface area (Å²) in [7, 11) is 3.88. The molecule has 1 saturated heterocycles. The standard InChI is InChI=1S/C20H34N6/c1-21-20(24-19-11-18(19)15-7-4-3-5-8-15)23-16-9-6-10-26(13-16)17-12-22-25(2)14-17/h12,14-16,18-19H,3-11,13H2,1-2H3,(H2,21,23,24). The van der Waals surface area contributed by atoms with Gasteiger partial charge >= 0.3 is 0 Å². The fraction of sp³-hybridized carbons (Fsp3) is 0.800. The Bertz CT molecular complexity index is 618. The first-order chi connectivity index (χ1) is 12.7. The van der Waals surface area contributed by atoms with E-state index in [2.05, 4.69) is 31.8 Å². The van der Waals surface area contributed by atoms with E-state index in [0.29, 0.717) is 12.1 Å². The summed E-state index contributed by atoms with van der Waals surface area (Å²) in [6.45, 7) is 2.13. The SMILES string of the molecule is CN=C(NC1CCCN(c2cnn(C)c2)C1)NC1CC1C1CCCCC1. The zero-order valence-corrected chi connectivity index (χ0v) is 16.3. The van der Waals surface area contributed by atoms with Gasteiger partial charge in [-0.25, -0.2) is 0 Å².